The van der Waals surface area contributed by atoms with Gasteiger partial charge >= 0.3 is 0 Å². The third-order valence-electron chi connectivity index (χ3n) is 6.29. The van der Waals surface area contributed by atoms with Crippen molar-refractivity contribution >= 4 is 11.9 Å². The van der Waals surface area contributed by atoms with Crippen LogP contribution < -0.4 is 4.90 Å². The molecule has 0 spiro atoms. The highest BCUT2D eigenvalue weighted by molar-refractivity contribution is 5.95. The molecule has 0 saturated carbocycles. The lowest BCUT2D eigenvalue weighted by Gasteiger charge is -2.32. The lowest BCUT2D eigenvalue weighted by Crippen LogP contribution is -2.45. The predicted molar refractivity (Wildman–Crippen MR) is 110 cm³/mol. The van der Waals surface area contributed by atoms with Gasteiger partial charge in [-0.3, -0.25) is 4.79 Å². The number of anilines is 1. The van der Waals surface area contributed by atoms with E-state index in [9.17, 15) is 4.79 Å². The van der Waals surface area contributed by atoms with Crippen molar-refractivity contribution in [2.45, 2.75) is 32.2 Å². The molecule has 30 heavy (non-hydrogen) atoms. The summed E-state index contributed by atoms with van der Waals surface area (Å²) in [5.41, 5.74) is 2.15. The van der Waals surface area contributed by atoms with E-state index in [1.807, 2.05) is 11.8 Å². The van der Waals surface area contributed by atoms with E-state index in [4.69, 9.17) is 9.15 Å². The first-order chi connectivity index (χ1) is 14.6. The molecule has 5 rings (SSSR count). The van der Waals surface area contributed by atoms with Crippen LogP contribution in [0.3, 0.4) is 0 Å². The zero-order chi connectivity index (χ0) is 20.7. The minimum Gasteiger partial charge on any atom is -0.445 e. The average molecular weight is 412 g/mol. The van der Waals surface area contributed by atoms with Crippen molar-refractivity contribution in [2.24, 2.45) is 0 Å². The van der Waals surface area contributed by atoms with Gasteiger partial charge in [-0.05, 0) is 20.4 Å². The lowest BCUT2D eigenvalue weighted by atomic mass is 10.1. The number of amides is 1. The third kappa shape index (κ3) is 3.67. The molecule has 5 heterocycles. The Hall–Kier alpha value is -2.52. The molecule has 2 aromatic rings. The van der Waals surface area contributed by atoms with Gasteiger partial charge in [0.25, 0.3) is 5.91 Å². The first-order valence-electron chi connectivity index (χ1n) is 10.7. The van der Waals surface area contributed by atoms with Crippen molar-refractivity contribution in [2.75, 3.05) is 57.9 Å². The fraction of sp³-hybridized carbons (Fsp3) is 0.619. The summed E-state index contributed by atoms with van der Waals surface area (Å²) in [6.07, 6.45) is 3.30. The van der Waals surface area contributed by atoms with E-state index in [0.29, 0.717) is 37.6 Å². The highest BCUT2D eigenvalue weighted by atomic mass is 16.5. The van der Waals surface area contributed by atoms with Crippen LogP contribution in [-0.2, 0) is 17.7 Å². The molecule has 0 aromatic carbocycles. The maximum Gasteiger partial charge on any atom is 0.257 e. The Morgan fingerprint density at radius 2 is 2.00 bits per heavy atom. The molecule has 0 aliphatic carbocycles. The lowest BCUT2D eigenvalue weighted by molar-refractivity contribution is 0.0726. The number of likely N-dealkylation sites (N-methyl/N-ethyl adjacent to an activating group) is 1. The summed E-state index contributed by atoms with van der Waals surface area (Å²) in [7, 11) is 2.12. The summed E-state index contributed by atoms with van der Waals surface area (Å²) in [4.78, 5) is 33.3. The number of oxazole rings is 1. The molecule has 1 unspecified atom stereocenters. The SMILES string of the molecule is Cc1nc(N2CCN(C)CC2)ncc1C(=O)N1CCc2oc(C3CCOC3)nc2C1. The molecular weight excluding hydrogens is 384 g/mol. The van der Waals surface area contributed by atoms with Gasteiger partial charge in [-0.1, -0.05) is 0 Å². The molecule has 2 fully saturated rings. The smallest absolute Gasteiger partial charge is 0.257 e. The number of nitrogens with zero attached hydrogens (tertiary/aromatic N) is 6. The largest absolute Gasteiger partial charge is 0.445 e. The molecular formula is C21H28N6O3. The molecule has 9 heteroatoms. The fourth-order valence-corrected chi connectivity index (χ4v) is 4.29. The number of rotatable bonds is 3. The summed E-state index contributed by atoms with van der Waals surface area (Å²) < 4.78 is 11.4. The van der Waals surface area contributed by atoms with Crippen LogP contribution in [0.2, 0.25) is 0 Å². The van der Waals surface area contributed by atoms with Crippen LogP contribution in [0.15, 0.2) is 10.6 Å². The minimum absolute atomic E-state index is 0.0446. The maximum absolute atomic E-state index is 13.2. The second kappa shape index (κ2) is 7.96. The summed E-state index contributed by atoms with van der Waals surface area (Å²) in [5.74, 6) is 2.55. The summed E-state index contributed by atoms with van der Waals surface area (Å²) in [6.45, 7) is 8.17. The fourth-order valence-electron chi connectivity index (χ4n) is 4.29. The van der Waals surface area contributed by atoms with E-state index in [1.165, 1.54) is 0 Å². The monoisotopic (exact) mass is 412 g/mol. The van der Waals surface area contributed by atoms with Gasteiger partial charge in [0.15, 0.2) is 5.89 Å². The molecule has 3 aliphatic heterocycles. The van der Waals surface area contributed by atoms with Gasteiger partial charge in [-0.25, -0.2) is 15.0 Å². The Kier molecular flexibility index (Phi) is 5.16. The number of carbonyl (C=O) groups excluding carboxylic acids is 1. The van der Waals surface area contributed by atoms with Crippen molar-refractivity contribution in [3.63, 3.8) is 0 Å². The van der Waals surface area contributed by atoms with Crippen LogP contribution >= 0.6 is 0 Å². The highest BCUT2D eigenvalue weighted by Crippen LogP contribution is 2.29. The first-order valence-corrected chi connectivity index (χ1v) is 10.7. The number of aromatic nitrogens is 3. The van der Waals surface area contributed by atoms with Crippen molar-refractivity contribution in [3.05, 3.63) is 34.8 Å². The first kappa shape index (κ1) is 19.4. The Balaban J connectivity index is 1.29. The van der Waals surface area contributed by atoms with Crippen LogP contribution in [0.5, 0.6) is 0 Å². The molecule has 9 nitrogen and oxygen atoms in total. The Morgan fingerprint density at radius 1 is 1.17 bits per heavy atom. The maximum atomic E-state index is 13.2. The molecule has 2 saturated heterocycles. The third-order valence-corrected chi connectivity index (χ3v) is 6.29. The van der Waals surface area contributed by atoms with E-state index in [1.54, 1.807) is 6.20 Å². The number of hydrogen-bond acceptors (Lipinski definition) is 8. The molecule has 3 aliphatic rings. The summed E-state index contributed by atoms with van der Waals surface area (Å²) >= 11 is 0. The van der Waals surface area contributed by atoms with Gasteiger partial charge in [-0.15, -0.1) is 0 Å². The number of piperazine rings is 1. The van der Waals surface area contributed by atoms with Gasteiger partial charge in [0.05, 0.1) is 30.3 Å². The number of fused-ring (bicyclic) bond motifs is 1. The van der Waals surface area contributed by atoms with Crippen molar-refractivity contribution in [3.8, 4) is 0 Å². The van der Waals surface area contributed by atoms with E-state index in [-0.39, 0.29) is 11.8 Å². The van der Waals surface area contributed by atoms with Gasteiger partial charge in [0.1, 0.15) is 11.5 Å². The van der Waals surface area contributed by atoms with Gasteiger partial charge in [0.2, 0.25) is 5.95 Å². The summed E-state index contributed by atoms with van der Waals surface area (Å²) in [5, 5.41) is 0. The zero-order valence-electron chi connectivity index (χ0n) is 17.6. The molecule has 0 N–H and O–H groups in total. The number of ether oxygens (including phenoxy) is 1. The van der Waals surface area contributed by atoms with Crippen LogP contribution in [0.1, 0.15) is 45.7 Å². The molecule has 1 amide bonds. The van der Waals surface area contributed by atoms with Crippen LogP contribution in [-0.4, -0.2) is 83.6 Å². The quantitative estimate of drug-likeness (QED) is 0.744. The second-order valence-electron chi connectivity index (χ2n) is 8.42. The Morgan fingerprint density at radius 3 is 2.73 bits per heavy atom. The molecule has 0 radical (unpaired) electrons. The number of carbonyl (C=O) groups is 1. The zero-order valence-corrected chi connectivity index (χ0v) is 17.6. The summed E-state index contributed by atoms with van der Waals surface area (Å²) in [6, 6.07) is 0. The van der Waals surface area contributed by atoms with E-state index >= 15 is 0 Å². The molecule has 2 aromatic heterocycles. The van der Waals surface area contributed by atoms with E-state index in [2.05, 4.69) is 31.8 Å². The van der Waals surface area contributed by atoms with Crippen molar-refractivity contribution in [1.82, 2.24) is 24.8 Å². The van der Waals surface area contributed by atoms with Gasteiger partial charge in [-0.2, -0.15) is 0 Å². The van der Waals surface area contributed by atoms with Crippen molar-refractivity contribution < 1.29 is 13.9 Å². The van der Waals surface area contributed by atoms with Crippen LogP contribution in [0.25, 0.3) is 0 Å². The number of hydrogen-bond donors (Lipinski definition) is 0. The average Bonchev–Trinajstić information content (AvgIpc) is 3.43. The number of aryl methyl sites for hydroxylation is 1. The van der Waals surface area contributed by atoms with Crippen molar-refractivity contribution in [1.29, 1.82) is 0 Å². The highest BCUT2D eigenvalue weighted by Gasteiger charge is 2.30. The van der Waals surface area contributed by atoms with Gasteiger partial charge in [0, 0.05) is 51.9 Å². The topological polar surface area (TPSA) is 87.8 Å². The Bertz CT molecular complexity index is 931. The Labute approximate surface area is 176 Å². The van der Waals surface area contributed by atoms with Crippen LogP contribution in [0.4, 0.5) is 5.95 Å². The predicted octanol–water partition coefficient (Wildman–Crippen LogP) is 1.23. The van der Waals surface area contributed by atoms with E-state index < -0.39 is 0 Å². The standard InChI is InChI=1S/C21H28N6O3/c1-14-16(11-22-21(23-14)26-8-6-25(2)7-9-26)20(28)27-5-3-18-17(12-27)24-19(30-18)15-4-10-29-13-15/h11,15H,3-10,12-13H2,1-2H3. The normalized spacial score (nSPS) is 22.4. The van der Waals surface area contributed by atoms with E-state index in [0.717, 1.165) is 62.2 Å². The minimum atomic E-state index is -0.0446. The molecule has 1 atom stereocenters. The van der Waals surface area contributed by atoms with Crippen LogP contribution in [0, 0.1) is 6.92 Å². The molecule has 0 bridgehead atoms. The van der Waals surface area contributed by atoms with Gasteiger partial charge < -0.3 is 23.9 Å². The molecule has 160 valence electrons. The second-order valence-corrected chi connectivity index (χ2v) is 8.42.